The first-order valence-corrected chi connectivity index (χ1v) is 7.18. The normalized spacial score (nSPS) is 14.4. The molecule has 116 valence electrons. The Labute approximate surface area is 130 Å². The van der Waals surface area contributed by atoms with Gasteiger partial charge in [0, 0.05) is 12.1 Å². The van der Waals surface area contributed by atoms with Crippen LogP contribution >= 0.6 is 11.6 Å². The average Bonchev–Trinajstić information content (AvgIpc) is 2.35. The lowest BCUT2D eigenvalue weighted by Gasteiger charge is -2.33. The topological polar surface area (TPSA) is 57.6 Å². The fourth-order valence-electron chi connectivity index (χ4n) is 2.21. The van der Waals surface area contributed by atoms with Gasteiger partial charge in [-0.05, 0) is 30.0 Å². The largest absolute Gasteiger partial charge is 0.481 e. The number of benzene rings is 1. The Morgan fingerprint density at radius 1 is 1.19 bits per heavy atom. The Morgan fingerprint density at radius 2 is 1.67 bits per heavy atom. The number of carboxylic acids is 1. The van der Waals surface area contributed by atoms with Crippen LogP contribution in [-0.2, 0) is 9.59 Å². The Hall–Kier alpha value is -1.55. The maximum Gasteiger partial charge on any atom is 0.316 e. The molecular formula is C16H22ClNO3. The third kappa shape index (κ3) is 4.21. The van der Waals surface area contributed by atoms with E-state index in [4.69, 9.17) is 11.6 Å². The number of aliphatic carboxylic acids is 1. The standard InChI is InChI=1S/C16H22ClNO3/c1-10(11-6-8-12(17)9-7-11)18(5)14(19)13(15(20)21)16(2,3)4/h6-10,13H,1-5H3,(H,20,21). The van der Waals surface area contributed by atoms with E-state index in [9.17, 15) is 14.7 Å². The van der Waals surface area contributed by atoms with E-state index in [1.807, 2.05) is 19.1 Å². The summed E-state index contributed by atoms with van der Waals surface area (Å²) < 4.78 is 0. The van der Waals surface area contributed by atoms with Crippen LogP contribution in [0.4, 0.5) is 0 Å². The lowest BCUT2D eigenvalue weighted by molar-refractivity contribution is -0.156. The lowest BCUT2D eigenvalue weighted by atomic mass is 9.79. The zero-order chi connectivity index (χ0) is 16.4. The number of amides is 1. The molecule has 0 radical (unpaired) electrons. The van der Waals surface area contributed by atoms with Gasteiger partial charge in [-0.2, -0.15) is 0 Å². The van der Waals surface area contributed by atoms with Gasteiger partial charge in [0.15, 0.2) is 0 Å². The predicted octanol–water partition coefficient (Wildman–Crippen LogP) is 3.61. The molecule has 1 amide bonds. The maximum atomic E-state index is 12.5. The molecule has 4 nitrogen and oxygen atoms in total. The summed E-state index contributed by atoms with van der Waals surface area (Å²) in [6.07, 6.45) is 0. The molecule has 0 fully saturated rings. The molecule has 0 saturated heterocycles. The summed E-state index contributed by atoms with van der Waals surface area (Å²) in [5.74, 6) is -2.56. The van der Waals surface area contributed by atoms with Crippen LogP contribution in [0.3, 0.4) is 0 Å². The van der Waals surface area contributed by atoms with Crippen LogP contribution in [0.1, 0.15) is 39.3 Å². The minimum Gasteiger partial charge on any atom is -0.481 e. The van der Waals surface area contributed by atoms with E-state index in [1.165, 1.54) is 4.90 Å². The summed E-state index contributed by atoms with van der Waals surface area (Å²) in [5.41, 5.74) is 0.268. The van der Waals surface area contributed by atoms with Crippen molar-refractivity contribution in [2.75, 3.05) is 7.05 Å². The molecule has 1 aromatic carbocycles. The first-order chi connectivity index (χ1) is 9.55. The van der Waals surface area contributed by atoms with Crippen LogP contribution < -0.4 is 0 Å². The SMILES string of the molecule is CC(c1ccc(Cl)cc1)N(C)C(=O)C(C(=O)O)C(C)(C)C. The van der Waals surface area contributed by atoms with Crippen molar-refractivity contribution in [2.45, 2.75) is 33.7 Å². The monoisotopic (exact) mass is 311 g/mol. The van der Waals surface area contributed by atoms with Crippen molar-refractivity contribution in [3.63, 3.8) is 0 Å². The minimum atomic E-state index is -1.09. The molecule has 0 aliphatic carbocycles. The third-order valence-electron chi connectivity index (χ3n) is 3.64. The third-order valence-corrected chi connectivity index (χ3v) is 3.89. The predicted molar refractivity (Wildman–Crippen MR) is 83.2 cm³/mol. The first-order valence-electron chi connectivity index (χ1n) is 6.80. The van der Waals surface area contributed by atoms with Gasteiger partial charge in [-0.25, -0.2) is 0 Å². The van der Waals surface area contributed by atoms with Crippen LogP contribution in [0.2, 0.25) is 5.02 Å². The smallest absolute Gasteiger partial charge is 0.316 e. The van der Waals surface area contributed by atoms with Crippen LogP contribution in [-0.4, -0.2) is 28.9 Å². The molecule has 0 spiro atoms. The van der Waals surface area contributed by atoms with E-state index < -0.39 is 23.2 Å². The van der Waals surface area contributed by atoms with Crippen molar-refractivity contribution in [2.24, 2.45) is 11.3 Å². The second-order valence-corrected chi connectivity index (χ2v) is 6.75. The van der Waals surface area contributed by atoms with E-state index in [2.05, 4.69) is 0 Å². The number of halogens is 1. The van der Waals surface area contributed by atoms with Gasteiger partial charge in [0.05, 0.1) is 6.04 Å². The molecular weight excluding hydrogens is 290 g/mol. The highest BCUT2D eigenvalue weighted by Gasteiger charge is 2.40. The fraction of sp³-hybridized carbons (Fsp3) is 0.500. The van der Waals surface area contributed by atoms with Gasteiger partial charge in [0.25, 0.3) is 0 Å². The van der Waals surface area contributed by atoms with Crippen LogP contribution in [0.25, 0.3) is 0 Å². The Morgan fingerprint density at radius 3 is 2.05 bits per heavy atom. The number of carbonyl (C=O) groups excluding carboxylic acids is 1. The number of carbonyl (C=O) groups is 2. The van der Waals surface area contributed by atoms with Crippen LogP contribution in [0, 0.1) is 11.3 Å². The summed E-state index contributed by atoms with van der Waals surface area (Å²) in [6, 6.07) is 6.96. The highest BCUT2D eigenvalue weighted by atomic mass is 35.5. The van der Waals surface area contributed by atoms with E-state index in [1.54, 1.807) is 40.0 Å². The van der Waals surface area contributed by atoms with Gasteiger partial charge in [0.1, 0.15) is 5.92 Å². The molecule has 21 heavy (non-hydrogen) atoms. The molecule has 0 heterocycles. The molecule has 0 aromatic heterocycles. The van der Waals surface area contributed by atoms with E-state index in [0.29, 0.717) is 5.02 Å². The van der Waals surface area contributed by atoms with E-state index >= 15 is 0 Å². The number of carboxylic acid groups (broad SMARTS) is 1. The molecule has 0 bridgehead atoms. The van der Waals surface area contributed by atoms with Crippen LogP contribution in [0.5, 0.6) is 0 Å². The highest BCUT2D eigenvalue weighted by molar-refractivity contribution is 6.30. The molecule has 5 heteroatoms. The Kier molecular flexibility index (Phi) is 5.40. The number of hydrogen-bond acceptors (Lipinski definition) is 2. The van der Waals surface area contributed by atoms with Crippen molar-refractivity contribution in [1.29, 1.82) is 0 Å². The van der Waals surface area contributed by atoms with Gasteiger partial charge in [-0.15, -0.1) is 0 Å². The molecule has 2 atom stereocenters. The molecule has 0 aliphatic heterocycles. The van der Waals surface area contributed by atoms with E-state index in [-0.39, 0.29) is 6.04 Å². The highest BCUT2D eigenvalue weighted by Crippen LogP contribution is 2.30. The number of nitrogens with zero attached hydrogens (tertiary/aromatic N) is 1. The zero-order valence-electron chi connectivity index (χ0n) is 13.1. The maximum absolute atomic E-state index is 12.5. The summed E-state index contributed by atoms with van der Waals surface area (Å²) in [4.78, 5) is 25.4. The fourth-order valence-corrected chi connectivity index (χ4v) is 2.33. The van der Waals surface area contributed by atoms with Gasteiger partial charge in [-0.3, -0.25) is 9.59 Å². The summed E-state index contributed by atoms with van der Waals surface area (Å²) in [7, 11) is 1.63. The Balaban J connectivity index is 3.00. The second kappa shape index (κ2) is 6.48. The average molecular weight is 312 g/mol. The van der Waals surface area contributed by atoms with Gasteiger partial charge >= 0.3 is 5.97 Å². The zero-order valence-corrected chi connectivity index (χ0v) is 13.8. The van der Waals surface area contributed by atoms with Crippen molar-refractivity contribution < 1.29 is 14.7 Å². The first kappa shape index (κ1) is 17.5. The van der Waals surface area contributed by atoms with Crippen molar-refractivity contribution in [1.82, 2.24) is 4.90 Å². The van der Waals surface area contributed by atoms with Gasteiger partial charge in [0.2, 0.25) is 5.91 Å². The van der Waals surface area contributed by atoms with Crippen molar-refractivity contribution in [3.8, 4) is 0 Å². The van der Waals surface area contributed by atoms with Gasteiger partial charge < -0.3 is 10.0 Å². The summed E-state index contributed by atoms with van der Waals surface area (Å²) in [6.45, 7) is 7.13. The van der Waals surface area contributed by atoms with Gasteiger partial charge in [-0.1, -0.05) is 44.5 Å². The molecule has 0 saturated carbocycles. The second-order valence-electron chi connectivity index (χ2n) is 6.31. The van der Waals surface area contributed by atoms with Crippen molar-refractivity contribution >= 4 is 23.5 Å². The molecule has 1 rings (SSSR count). The molecule has 0 aliphatic rings. The van der Waals surface area contributed by atoms with Crippen molar-refractivity contribution in [3.05, 3.63) is 34.9 Å². The quantitative estimate of drug-likeness (QED) is 0.864. The van der Waals surface area contributed by atoms with Crippen LogP contribution in [0.15, 0.2) is 24.3 Å². The molecule has 2 unspecified atom stereocenters. The summed E-state index contributed by atoms with van der Waals surface area (Å²) >= 11 is 5.85. The molecule has 1 N–H and O–H groups in total. The number of rotatable bonds is 4. The minimum absolute atomic E-state index is 0.223. The molecule has 1 aromatic rings. The number of hydrogen-bond donors (Lipinski definition) is 1. The lowest BCUT2D eigenvalue weighted by Crippen LogP contribution is -2.44. The summed E-state index contributed by atoms with van der Waals surface area (Å²) in [5, 5.41) is 9.98. The van der Waals surface area contributed by atoms with E-state index in [0.717, 1.165) is 5.56 Å². The Bertz CT molecular complexity index is 519.